The van der Waals surface area contributed by atoms with Crippen molar-refractivity contribution in [1.82, 2.24) is 0 Å². The molecule has 0 N–H and O–H groups in total. The molecule has 4 heteroatoms. The summed E-state index contributed by atoms with van der Waals surface area (Å²) in [5.74, 6) is -1.05. The van der Waals surface area contributed by atoms with Crippen molar-refractivity contribution in [2.45, 2.75) is 39.1 Å². The van der Waals surface area contributed by atoms with Crippen molar-refractivity contribution in [2.75, 3.05) is 13.2 Å². The van der Waals surface area contributed by atoms with Crippen molar-refractivity contribution in [2.24, 2.45) is 0 Å². The molecule has 0 amide bonds. The van der Waals surface area contributed by atoms with E-state index in [9.17, 15) is 4.79 Å². The zero-order chi connectivity index (χ0) is 10.1. The molecular weight excluding hydrogens is 172 g/mol. The van der Waals surface area contributed by atoms with Gasteiger partial charge in [-0.3, -0.25) is 0 Å². The fraction of sp³-hybridized carbons (Fsp3) is 0.889. The number of carbonyl (C=O) groups excluding carboxylic acids is 1. The molecule has 0 unspecified atom stereocenters. The minimum atomic E-state index is -0.945. The van der Waals surface area contributed by atoms with Gasteiger partial charge in [-0.05, 0) is 27.7 Å². The number of esters is 1. The van der Waals surface area contributed by atoms with Crippen LogP contribution in [0.3, 0.4) is 0 Å². The lowest BCUT2D eigenvalue weighted by Gasteiger charge is -2.22. The fourth-order valence-corrected chi connectivity index (χ4v) is 1.30. The molecule has 1 fully saturated rings. The molecule has 1 rings (SSSR count). The second kappa shape index (κ2) is 3.27. The lowest BCUT2D eigenvalue weighted by Crippen LogP contribution is -2.41. The van der Waals surface area contributed by atoms with Crippen molar-refractivity contribution < 1.29 is 19.0 Å². The number of hydrogen-bond donors (Lipinski definition) is 0. The predicted molar refractivity (Wildman–Crippen MR) is 46.2 cm³/mol. The Bertz CT molecular complexity index is 212. The predicted octanol–water partition coefficient (Wildman–Crippen LogP) is 1.09. The summed E-state index contributed by atoms with van der Waals surface area (Å²) in [4.78, 5) is 11.4. The van der Waals surface area contributed by atoms with Gasteiger partial charge in [-0.25, -0.2) is 4.79 Å². The molecule has 0 spiro atoms. The molecule has 1 aliphatic rings. The van der Waals surface area contributed by atoms with Gasteiger partial charge < -0.3 is 14.2 Å². The molecule has 0 aromatic heterocycles. The normalized spacial score (nSPS) is 31.7. The highest BCUT2D eigenvalue weighted by Gasteiger charge is 2.48. The zero-order valence-corrected chi connectivity index (χ0v) is 8.55. The van der Waals surface area contributed by atoms with Gasteiger partial charge in [0.2, 0.25) is 0 Å². The third-order valence-electron chi connectivity index (χ3n) is 1.87. The third-order valence-corrected chi connectivity index (χ3v) is 1.87. The van der Waals surface area contributed by atoms with E-state index in [2.05, 4.69) is 0 Å². The lowest BCUT2D eigenvalue weighted by molar-refractivity contribution is -0.186. The van der Waals surface area contributed by atoms with Gasteiger partial charge >= 0.3 is 5.97 Å². The minimum Gasteiger partial charge on any atom is -0.464 e. The van der Waals surface area contributed by atoms with Gasteiger partial charge in [-0.15, -0.1) is 0 Å². The van der Waals surface area contributed by atoms with E-state index in [4.69, 9.17) is 14.2 Å². The molecular formula is C9H16O4. The Morgan fingerprint density at radius 2 is 2.08 bits per heavy atom. The Labute approximate surface area is 78.2 Å². The summed E-state index contributed by atoms with van der Waals surface area (Å²) in [6, 6.07) is 0. The van der Waals surface area contributed by atoms with Crippen LogP contribution in [0.4, 0.5) is 0 Å². The molecule has 1 aliphatic heterocycles. The van der Waals surface area contributed by atoms with E-state index in [1.165, 1.54) is 0 Å². The van der Waals surface area contributed by atoms with Crippen LogP contribution in [0.15, 0.2) is 0 Å². The summed E-state index contributed by atoms with van der Waals surface area (Å²) < 4.78 is 15.6. The van der Waals surface area contributed by atoms with Gasteiger partial charge in [-0.2, -0.15) is 0 Å². The molecule has 0 aliphatic carbocycles. The summed E-state index contributed by atoms with van der Waals surface area (Å²) >= 11 is 0. The molecule has 0 bridgehead atoms. The summed E-state index contributed by atoms with van der Waals surface area (Å²) in [6.07, 6.45) is 0. The highest BCUT2D eigenvalue weighted by Crippen LogP contribution is 2.31. The fourth-order valence-electron chi connectivity index (χ4n) is 1.30. The van der Waals surface area contributed by atoms with Crippen molar-refractivity contribution in [1.29, 1.82) is 0 Å². The van der Waals surface area contributed by atoms with Gasteiger partial charge in [-0.1, -0.05) is 0 Å². The van der Waals surface area contributed by atoms with Gasteiger partial charge in [0, 0.05) is 0 Å². The van der Waals surface area contributed by atoms with E-state index in [1.54, 1.807) is 27.7 Å². The van der Waals surface area contributed by atoms with Crippen LogP contribution in [-0.2, 0) is 19.0 Å². The van der Waals surface area contributed by atoms with Crippen molar-refractivity contribution in [3.8, 4) is 0 Å². The summed E-state index contributed by atoms with van der Waals surface area (Å²) in [6.45, 7) is 7.61. The van der Waals surface area contributed by atoms with Gasteiger partial charge in [0.1, 0.15) is 0 Å². The number of hydrogen-bond acceptors (Lipinski definition) is 4. The highest BCUT2D eigenvalue weighted by atomic mass is 16.8. The summed E-state index contributed by atoms with van der Waals surface area (Å²) in [5.41, 5.74) is -0.945. The molecule has 0 aromatic carbocycles. The van der Waals surface area contributed by atoms with E-state index < -0.39 is 11.4 Å². The molecule has 1 saturated heterocycles. The maximum atomic E-state index is 11.4. The quantitative estimate of drug-likeness (QED) is 0.608. The van der Waals surface area contributed by atoms with Gasteiger partial charge in [0.25, 0.3) is 0 Å². The van der Waals surface area contributed by atoms with Crippen molar-refractivity contribution >= 4 is 5.97 Å². The number of ether oxygens (including phenoxy) is 3. The number of carbonyl (C=O) groups is 1. The van der Waals surface area contributed by atoms with E-state index in [0.717, 1.165) is 0 Å². The first-order valence-corrected chi connectivity index (χ1v) is 4.41. The Morgan fingerprint density at radius 1 is 1.46 bits per heavy atom. The molecule has 0 aromatic rings. The summed E-state index contributed by atoms with van der Waals surface area (Å²) in [5, 5.41) is 0. The van der Waals surface area contributed by atoms with Gasteiger partial charge in [0.15, 0.2) is 11.4 Å². The van der Waals surface area contributed by atoms with E-state index >= 15 is 0 Å². The standard InChI is InChI=1S/C9H16O4/c1-5-11-7(10)9(4)6-12-8(2,3)13-9/h5-6H2,1-4H3/t9-/m1/s1. The molecule has 1 atom stereocenters. The smallest absolute Gasteiger partial charge is 0.340 e. The Kier molecular flexibility index (Phi) is 2.63. The van der Waals surface area contributed by atoms with E-state index in [0.29, 0.717) is 6.61 Å². The van der Waals surface area contributed by atoms with Crippen LogP contribution in [-0.4, -0.2) is 30.6 Å². The van der Waals surface area contributed by atoms with Crippen molar-refractivity contribution in [3.63, 3.8) is 0 Å². The van der Waals surface area contributed by atoms with Crippen LogP contribution in [0, 0.1) is 0 Å². The van der Waals surface area contributed by atoms with Crippen LogP contribution >= 0.6 is 0 Å². The van der Waals surface area contributed by atoms with Crippen LogP contribution in [0.25, 0.3) is 0 Å². The largest absolute Gasteiger partial charge is 0.464 e. The Morgan fingerprint density at radius 3 is 2.46 bits per heavy atom. The minimum absolute atomic E-state index is 0.249. The maximum absolute atomic E-state index is 11.4. The first kappa shape index (κ1) is 10.5. The Balaban J connectivity index is 2.64. The molecule has 13 heavy (non-hydrogen) atoms. The highest BCUT2D eigenvalue weighted by molar-refractivity contribution is 5.79. The molecule has 1 heterocycles. The third kappa shape index (κ3) is 2.19. The van der Waals surface area contributed by atoms with Crippen LogP contribution in [0.1, 0.15) is 27.7 Å². The lowest BCUT2D eigenvalue weighted by atomic mass is 10.1. The average Bonchev–Trinajstić information content (AvgIpc) is 2.28. The second-order valence-electron chi connectivity index (χ2n) is 3.74. The zero-order valence-electron chi connectivity index (χ0n) is 8.55. The summed E-state index contributed by atoms with van der Waals surface area (Å²) in [7, 11) is 0. The SMILES string of the molecule is CCOC(=O)[C@@]1(C)COC(C)(C)O1. The van der Waals surface area contributed by atoms with E-state index in [-0.39, 0.29) is 12.6 Å². The first-order chi connectivity index (χ1) is 5.90. The molecule has 0 saturated carbocycles. The molecule has 4 nitrogen and oxygen atoms in total. The first-order valence-electron chi connectivity index (χ1n) is 4.41. The van der Waals surface area contributed by atoms with E-state index in [1.807, 2.05) is 0 Å². The number of rotatable bonds is 2. The van der Waals surface area contributed by atoms with Gasteiger partial charge in [0.05, 0.1) is 13.2 Å². The van der Waals surface area contributed by atoms with Crippen molar-refractivity contribution in [3.05, 3.63) is 0 Å². The maximum Gasteiger partial charge on any atom is 0.340 e. The average molecular weight is 188 g/mol. The second-order valence-corrected chi connectivity index (χ2v) is 3.74. The van der Waals surface area contributed by atoms with Crippen LogP contribution < -0.4 is 0 Å². The molecule has 76 valence electrons. The van der Waals surface area contributed by atoms with Crippen LogP contribution in [0.2, 0.25) is 0 Å². The van der Waals surface area contributed by atoms with Crippen LogP contribution in [0.5, 0.6) is 0 Å². The monoisotopic (exact) mass is 188 g/mol. The molecule has 0 radical (unpaired) electrons. The Hall–Kier alpha value is -0.610. The topological polar surface area (TPSA) is 44.8 Å².